The Bertz CT molecular complexity index is 592. The second-order valence-electron chi connectivity index (χ2n) is 3.79. The minimum Gasteiger partial charge on any atom is -0.393 e. The van der Waals surface area contributed by atoms with Gasteiger partial charge in [-0.15, -0.1) is 0 Å². The first kappa shape index (κ1) is 12.3. The predicted molar refractivity (Wildman–Crippen MR) is 66.3 cm³/mol. The molecule has 0 saturated heterocycles. The highest BCUT2D eigenvalue weighted by Crippen LogP contribution is 2.14. The molecule has 6 nitrogen and oxygen atoms in total. The van der Waals surface area contributed by atoms with Crippen LogP contribution in [0.25, 0.3) is 5.69 Å². The maximum absolute atomic E-state index is 11.6. The molecular formula is C12H13N3O3. The lowest BCUT2D eigenvalue weighted by molar-refractivity contribution is 0.0956. The van der Waals surface area contributed by atoms with Crippen LogP contribution in [0.2, 0.25) is 0 Å². The fourth-order valence-corrected chi connectivity index (χ4v) is 1.58. The molecule has 0 amide bonds. The van der Waals surface area contributed by atoms with Crippen molar-refractivity contribution in [2.45, 2.75) is 6.10 Å². The van der Waals surface area contributed by atoms with E-state index in [9.17, 15) is 9.90 Å². The lowest BCUT2D eigenvalue weighted by Crippen LogP contribution is -2.21. The van der Waals surface area contributed by atoms with E-state index in [1.165, 1.54) is 16.8 Å². The predicted octanol–water partition coefficient (Wildman–Crippen LogP) is -0.160. The number of nitrogens with zero attached hydrogens (tertiary/aromatic N) is 2. The SMILES string of the molecule is Nc1ccn(-c2ccc([C@H](O)CO)cc2)c(=O)n1. The highest BCUT2D eigenvalue weighted by molar-refractivity contribution is 5.36. The van der Waals surface area contributed by atoms with E-state index < -0.39 is 11.8 Å². The van der Waals surface area contributed by atoms with Gasteiger partial charge in [0.1, 0.15) is 11.9 Å². The number of benzene rings is 1. The van der Waals surface area contributed by atoms with Crippen molar-refractivity contribution in [1.82, 2.24) is 9.55 Å². The first-order valence-electron chi connectivity index (χ1n) is 5.36. The molecule has 2 rings (SSSR count). The highest BCUT2D eigenvalue weighted by Gasteiger charge is 2.06. The minimum atomic E-state index is -0.916. The smallest absolute Gasteiger partial charge is 0.354 e. The molecule has 0 saturated carbocycles. The standard InChI is InChI=1S/C12H13N3O3/c13-11-5-6-15(12(18)14-11)9-3-1-8(2-4-9)10(17)7-16/h1-6,10,16-17H,7H2,(H2,13,14,18)/t10-/m1/s1. The molecule has 0 aliphatic carbocycles. The summed E-state index contributed by atoms with van der Waals surface area (Å²) in [5.41, 5.74) is 6.13. The quantitative estimate of drug-likeness (QED) is 0.699. The van der Waals surface area contributed by atoms with Gasteiger partial charge in [0.25, 0.3) is 0 Å². The number of nitrogens with two attached hydrogens (primary N) is 1. The molecule has 1 aromatic carbocycles. The summed E-state index contributed by atoms with van der Waals surface area (Å²) < 4.78 is 1.34. The van der Waals surface area contributed by atoms with Crippen LogP contribution in [-0.2, 0) is 0 Å². The molecule has 18 heavy (non-hydrogen) atoms. The number of aromatic nitrogens is 2. The maximum atomic E-state index is 11.6. The van der Waals surface area contributed by atoms with E-state index in [1.54, 1.807) is 24.3 Å². The Morgan fingerprint density at radius 2 is 1.94 bits per heavy atom. The van der Waals surface area contributed by atoms with Crippen molar-refractivity contribution >= 4 is 5.82 Å². The van der Waals surface area contributed by atoms with E-state index in [-0.39, 0.29) is 12.4 Å². The second kappa shape index (κ2) is 4.99. The van der Waals surface area contributed by atoms with Crippen LogP contribution in [0.5, 0.6) is 0 Å². The molecule has 0 unspecified atom stereocenters. The third kappa shape index (κ3) is 2.39. The van der Waals surface area contributed by atoms with Gasteiger partial charge in [-0.1, -0.05) is 12.1 Å². The zero-order valence-electron chi connectivity index (χ0n) is 9.52. The number of aliphatic hydroxyl groups is 2. The molecule has 94 valence electrons. The molecule has 2 aromatic rings. The van der Waals surface area contributed by atoms with Gasteiger partial charge >= 0.3 is 5.69 Å². The molecule has 1 heterocycles. The monoisotopic (exact) mass is 247 g/mol. The molecule has 0 fully saturated rings. The summed E-state index contributed by atoms with van der Waals surface area (Å²) in [6.45, 7) is -0.345. The van der Waals surface area contributed by atoms with Crippen LogP contribution in [0.1, 0.15) is 11.7 Å². The van der Waals surface area contributed by atoms with E-state index in [0.717, 1.165) is 0 Å². The topological polar surface area (TPSA) is 101 Å². The molecule has 0 aliphatic rings. The Labute approximate surface area is 103 Å². The van der Waals surface area contributed by atoms with Crippen LogP contribution >= 0.6 is 0 Å². The van der Waals surface area contributed by atoms with Crippen molar-refractivity contribution in [3.8, 4) is 5.69 Å². The third-order valence-corrected chi connectivity index (χ3v) is 2.55. The zero-order valence-corrected chi connectivity index (χ0v) is 9.52. The molecule has 0 radical (unpaired) electrons. The Morgan fingerprint density at radius 3 is 2.50 bits per heavy atom. The van der Waals surface area contributed by atoms with Crippen molar-refractivity contribution in [2.24, 2.45) is 0 Å². The first-order valence-corrected chi connectivity index (χ1v) is 5.36. The first-order chi connectivity index (χ1) is 8.61. The fraction of sp³-hybridized carbons (Fsp3) is 0.167. The molecule has 0 bridgehead atoms. The van der Waals surface area contributed by atoms with E-state index >= 15 is 0 Å². The number of aliphatic hydroxyl groups excluding tert-OH is 2. The van der Waals surface area contributed by atoms with Crippen molar-refractivity contribution in [3.05, 3.63) is 52.6 Å². The second-order valence-corrected chi connectivity index (χ2v) is 3.79. The number of nitrogen functional groups attached to an aromatic ring is 1. The Kier molecular flexibility index (Phi) is 3.40. The summed E-state index contributed by atoms with van der Waals surface area (Å²) in [5, 5.41) is 18.3. The molecule has 1 aromatic heterocycles. The summed E-state index contributed by atoms with van der Waals surface area (Å²) in [7, 11) is 0. The van der Waals surface area contributed by atoms with E-state index in [1.807, 2.05) is 0 Å². The van der Waals surface area contributed by atoms with Crippen LogP contribution in [-0.4, -0.2) is 26.4 Å². The maximum Gasteiger partial charge on any atom is 0.354 e. The number of rotatable bonds is 3. The molecular weight excluding hydrogens is 234 g/mol. The summed E-state index contributed by atoms with van der Waals surface area (Å²) in [5.74, 6) is 0.170. The summed E-state index contributed by atoms with van der Waals surface area (Å²) in [4.78, 5) is 15.2. The molecule has 0 spiro atoms. The summed E-state index contributed by atoms with van der Waals surface area (Å²) in [6.07, 6.45) is 0.614. The number of hydrogen-bond donors (Lipinski definition) is 3. The lowest BCUT2D eigenvalue weighted by Gasteiger charge is -2.09. The van der Waals surface area contributed by atoms with Gasteiger partial charge in [0.2, 0.25) is 0 Å². The van der Waals surface area contributed by atoms with Gasteiger partial charge in [-0.25, -0.2) is 4.79 Å². The number of hydrogen-bond acceptors (Lipinski definition) is 5. The van der Waals surface area contributed by atoms with Crippen molar-refractivity contribution in [1.29, 1.82) is 0 Å². The lowest BCUT2D eigenvalue weighted by atomic mass is 10.1. The molecule has 1 atom stereocenters. The van der Waals surface area contributed by atoms with Gasteiger partial charge in [0.05, 0.1) is 12.3 Å². The van der Waals surface area contributed by atoms with Gasteiger partial charge in [0.15, 0.2) is 0 Å². The Balaban J connectivity index is 2.37. The van der Waals surface area contributed by atoms with Crippen molar-refractivity contribution in [3.63, 3.8) is 0 Å². The van der Waals surface area contributed by atoms with Gasteiger partial charge < -0.3 is 15.9 Å². The van der Waals surface area contributed by atoms with E-state index in [2.05, 4.69) is 4.98 Å². The van der Waals surface area contributed by atoms with Crippen LogP contribution in [0.3, 0.4) is 0 Å². The molecule has 6 heteroatoms. The number of anilines is 1. The average Bonchev–Trinajstić information content (AvgIpc) is 2.38. The van der Waals surface area contributed by atoms with Crippen molar-refractivity contribution < 1.29 is 10.2 Å². The van der Waals surface area contributed by atoms with E-state index in [0.29, 0.717) is 11.3 Å². The molecule has 0 aliphatic heterocycles. The van der Waals surface area contributed by atoms with E-state index in [4.69, 9.17) is 10.8 Å². The highest BCUT2D eigenvalue weighted by atomic mass is 16.3. The van der Waals surface area contributed by atoms with Gasteiger partial charge in [-0.2, -0.15) is 4.98 Å². The van der Waals surface area contributed by atoms with Crippen LogP contribution in [0.15, 0.2) is 41.3 Å². The Morgan fingerprint density at radius 1 is 1.28 bits per heavy atom. The van der Waals surface area contributed by atoms with Gasteiger partial charge in [-0.3, -0.25) is 4.57 Å². The summed E-state index contributed by atoms with van der Waals surface area (Å²) >= 11 is 0. The van der Waals surface area contributed by atoms with Crippen molar-refractivity contribution in [2.75, 3.05) is 12.3 Å². The minimum absolute atomic E-state index is 0.170. The largest absolute Gasteiger partial charge is 0.393 e. The fourth-order valence-electron chi connectivity index (χ4n) is 1.58. The normalized spacial score (nSPS) is 12.3. The third-order valence-electron chi connectivity index (χ3n) is 2.55. The average molecular weight is 247 g/mol. The van der Waals surface area contributed by atoms with Crippen LogP contribution in [0.4, 0.5) is 5.82 Å². The molecule has 4 N–H and O–H groups in total. The summed E-state index contributed by atoms with van der Waals surface area (Å²) in [6, 6.07) is 8.12. The van der Waals surface area contributed by atoms with Gasteiger partial charge in [-0.05, 0) is 23.8 Å². The zero-order chi connectivity index (χ0) is 13.1. The van der Waals surface area contributed by atoms with Gasteiger partial charge in [0, 0.05) is 6.20 Å². The van der Waals surface area contributed by atoms with Crippen LogP contribution < -0.4 is 11.4 Å². The van der Waals surface area contributed by atoms with Crippen LogP contribution in [0, 0.1) is 0 Å². The Hall–Kier alpha value is -2.18.